The summed E-state index contributed by atoms with van der Waals surface area (Å²) in [6.07, 6.45) is 6.80. The molecule has 0 radical (unpaired) electrons. The van der Waals surface area contributed by atoms with Gasteiger partial charge in [-0.3, -0.25) is 9.89 Å². The number of pyridine rings is 1. The number of carboxylic acids is 1. The van der Waals surface area contributed by atoms with Gasteiger partial charge < -0.3 is 10.0 Å². The number of H-pyrrole nitrogens is 1. The molecule has 0 aromatic carbocycles. The van der Waals surface area contributed by atoms with Crippen molar-refractivity contribution in [3.63, 3.8) is 0 Å². The number of hydrogen-bond acceptors (Lipinski definition) is 5. The van der Waals surface area contributed by atoms with E-state index in [1.807, 2.05) is 6.07 Å². The van der Waals surface area contributed by atoms with Gasteiger partial charge in [-0.05, 0) is 25.8 Å². The van der Waals surface area contributed by atoms with E-state index >= 15 is 0 Å². The molecule has 1 saturated heterocycles. The Morgan fingerprint density at radius 2 is 2.22 bits per heavy atom. The van der Waals surface area contributed by atoms with Crippen molar-refractivity contribution >= 4 is 33.6 Å². The number of carboxylic acid groups (broad SMARTS) is 1. The molecular formula is C16H17N5O2. The maximum atomic E-state index is 11.4. The Kier molecular flexibility index (Phi) is 3.14. The maximum absolute atomic E-state index is 11.4. The lowest BCUT2D eigenvalue weighted by Gasteiger charge is -2.38. The second kappa shape index (κ2) is 5.19. The summed E-state index contributed by atoms with van der Waals surface area (Å²) in [6.45, 7) is 2.62. The largest absolute Gasteiger partial charge is 0.481 e. The monoisotopic (exact) mass is 311 g/mol. The van der Waals surface area contributed by atoms with Gasteiger partial charge in [0.15, 0.2) is 5.65 Å². The van der Waals surface area contributed by atoms with E-state index in [1.165, 1.54) is 0 Å². The zero-order chi connectivity index (χ0) is 16.0. The molecule has 0 spiro atoms. The SMILES string of the molecule is CC1CCC(C(=O)O)CN1c1cn[nH]c2cnc3nccc3c12. The first-order chi connectivity index (χ1) is 11.1. The van der Waals surface area contributed by atoms with Crippen LogP contribution < -0.4 is 4.90 Å². The van der Waals surface area contributed by atoms with Crippen LogP contribution in [0.3, 0.4) is 0 Å². The van der Waals surface area contributed by atoms with Crippen LogP contribution in [0.4, 0.5) is 5.69 Å². The summed E-state index contributed by atoms with van der Waals surface area (Å²) < 4.78 is 0. The fourth-order valence-electron chi connectivity index (χ4n) is 3.41. The van der Waals surface area contributed by atoms with E-state index in [9.17, 15) is 9.90 Å². The molecule has 7 nitrogen and oxygen atoms in total. The van der Waals surface area contributed by atoms with Crippen LogP contribution in [-0.2, 0) is 4.79 Å². The summed E-state index contributed by atoms with van der Waals surface area (Å²) in [6, 6.07) is 2.20. The fourth-order valence-corrected chi connectivity index (χ4v) is 3.41. The van der Waals surface area contributed by atoms with Crippen molar-refractivity contribution in [1.29, 1.82) is 0 Å². The van der Waals surface area contributed by atoms with Crippen molar-refractivity contribution in [2.45, 2.75) is 25.8 Å². The van der Waals surface area contributed by atoms with Crippen molar-refractivity contribution in [3.8, 4) is 0 Å². The third-order valence-corrected chi connectivity index (χ3v) is 4.70. The summed E-state index contributed by atoms with van der Waals surface area (Å²) in [5.41, 5.74) is 2.46. The van der Waals surface area contributed by atoms with Gasteiger partial charge in [0.25, 0.3) is 0 Å². The second-order valence-electron chi connectivity index (χ2n) is 6.10. The molecule has 2 N–H and O–H groups in total. The molecule has 1 aliphatic heterocycles. The average molecular weight is 311 g/mol. The Balaban J connectivity index is 1.90. The van der Waals surface area contributed by atoms with Crippen molar-refractivity contribution in [3.05, 3.63) is 24.7 Å². The second-order valence-corrected chi connectivity index (χ2v) is 6.10. The Labute approximate surface area is 132 Å². The van der Waals surface area contributed by atoms with Gasteiger partial charge in [0.1, 0.15) is 0 Å². The molecular weight excluding hydrogens is 294 g/mol. The van der Waals surface area contributed by atoms with Gasteiger partial charge in [-0.25, -0.2) is 9.97 Å². The first-order valence-electron chi connectivity index (χ1n) is 7.71. The molecule has 1 aliphatic rings. The highest BCUT2D eigenvalue weighted by atomic mass is 16.4. The van der Waals surface area contributed by atoms with Crippen LogP contribution in [0.15, 0.2) is 24.7 Å². The number of aromatic amines is 1. The van der Waals surface area contributed by atoms with Gasteiger partial charge in [-0.15, -0.1) is 0 Å². The molecule has 0 amide bonds. The molecule has 118 valence electrons. The quantitative estimate of drug-likeness (QED) is 0.753. The Morgan fingerprint density at radius 1 is 1.35 bits per heavy atom. The standard InChI is InChI=1S/C16H17N5O2/c1-9-2-3-10(16(22)23)8-21(9)13-7-19-20-12-6-18-15-11(14(12)13)4-5-17-15/h4-7,9-10,20H,2-3,8H2,1H3,(H,22,23). The lowest BCUT2D eigenvalue weighted by atomic mass is 9.92. The van der Waals surface area contributed by atoms with Crippen LogP contribution in [-0.4, -0.2) is 43.8 Å². The third kappa shape index (κ3) is 2.19. The first kappa shape index (κ1) is 13.9. The van der Waals surface area contributed by atoms with Crippen LogP contribution in [0, 0.1) is 5.92 Å². The summed E-state index contributed by atoms with van der Waals surface area (Å²) in [5.74, 6) is -1.08. The van der Waals surface area contributed by atoms with Gasteiger partial charge in [-0.1, -0.05) is 0 Å². The van der Waals surface area contributed by atoms with E-state index in [1.54, 1.807) is 18.6 Å². The fraction of sp³-hybridized carbons (Fsp3) is 0.375. The number of carbonyl (C=O) groups is 1. The van der Waals surface area contributed by atoms with E-state index in [-0.39, 0.29) is 12.0 Å². The number of nitrogens with zero attached hydrogens (tertiary/aromatic N) is 4. The van der Waals surface area contributed by atoms with Crippen molar-refractivity contribution in [2.24, 2.45) is 5.92 Å². The number of rotatable bonds is 2. The Morgan fingerprint density at radius 3 is 3.04 bits per heavy atom. The minimum absolute atomic E-state index is 0.268. The highest BCUT2D eigenvalue weighted by Gasteiger charge is 2.31. The van der Waals surface area contributed by atoms with Crippen molar-refractivity contribution < 1.29 is 9.90 Å². The summed E-state index contributed by atoms with van der Waals surface area (Å²) in [5, 5.41) is 18.5. The maximum Gasteiger partial charge on any atom is 0.308 e. The highest BCUT2D eigenvalue weighted by molar-refractivity contribution is 6.09. The number of aromatic nitrogens is 4. The molecule has 0 bridgehead atoms. The van der Waals surface area contributed by atoms with Crippen LogP contribution in [0.25, 0.3) is 21.9 Å². The predicted molar refractivity (Wildman–Crippen MR) is 86.4 cm³/mol. The summed E-state index contributed by atoms with van der Waals surface area (Å²) >= 11 is 0. The zero-order valence-corrected chi connectivity index (χ0v) is 12.7. The Hall–Kier alpha value is -2.70. The van der Waals surface area contributed by atoms with Gasteiger partial charge in [0.05, 0.1) is 29.5 Å². The number of anilines is 1. The molecule has 1 fully saturated rings. The number of fused-ring (bicyclic) bond motifs is 3. The van der Waals surface area contributed by atoms with Crippen LogP contribution in [0.1, 0.15) is 19.8 Å². The van der Waals surface area contributed by atoms with Gasteiger partial charge in [-0.2, -0.15) is 5.10 Å². The zero-order valence-electron chi connectivity index (χ0n) is 12.7. The normalized spacial score (nSPS) is 21.9. The van der Waals surface area contributed by atoms with E-state index in [4.69, 9.17) is 0 Å². The topological polar surface area (TPSA) is 95.0 Å². The average Bonchev–Trinajstić information content (AvgIpc) is 3.03. The van der Waals surface area contributed by atoms with Crippen molar-refractivity contribution in [2.75, 3.05) is 11.4 Å². The molecule has 4 rings (SSSR count). The summed E-state index contributed by atoms with van der Waals surface area (Å²) in [4.78, 5) is 22.1. The Bertz CT molecular complexity index is 890. The van der Waals surface area contributed by atoms with E-state index in [0.29, 0.717) is 18.6 Å². The molecule has 0 saturated carbocycles. The smallest absolute Gasteiger partial charge is 0.308 e. The van der Waals surface area contributed by atoms with E-state index < -0.39 is 5.97 Å². The van der Waals surface area contributed by atoms with E-state index in [2.05, 4.69) is 32.0 Å². The van der Waals surface area contributed by atoms with Gasteiger partial charge in [0, 0.05) is 29.6 Å². The molecule has 0 aliphatic carbocycles. The number of hydrogen-bond donors (Lipinski definition) is 2. The van der Waals surface area contributed by atoms with Gasteiger partial charge in [0.2, 0.25) is 0 Å². The van der Waals surface area contributed by atoms with E-state index in [0.717, 1.165) is 28.4 Å². The molecule has 7 heteroatoms. The summed E-state index contributed by atoms with van der Waals surface area (Å²) in [7, 11) is 0. The van der Waals surface area contributed by atoms with Crippen molar-refractivity contribution in [1.82, 2.24) is 20.2 Å². The van der Waals surface area contributed by atoms with Crippen LogP contribution in [0.5, 0.6) is 0 Å². The third-order valence-electron chi connectivity index (χ3n) is 4.70. The highest BCUT2D eigenvalue weighted by Crippen LogP contribution is 2.35. The molecule has 4 heterocycles. The number of aliphatic carboxylic acids is 1. The van der Waals surface area contributed by atoms with Crippen LogP contribution in [0.2, 0.25) is 0 Å². The number of piperidine rings is 1. The predicted octanol–water partition coefficient (Wildman–Crippen LogP) is 2.20. The minimum atomic E-state index is -0.733. The molecule has 2 atom stereocenters. The lowest BCUT2D eigenvalue weighted by molar-refractivity contribution is -0.142. The molecule has 23 heavy (non-hydrogen) atoms. The van der Waals surface area contributed by atoms with Crippen LogP contribution >= 0.6 is 0 Å². The van der Waals surface area contributed by atoms with Gasteiger partial charge >= 0.3 is 5.97 Å². The minimum Gasteiger partial charge on any atom is -0.481 e. The molecule has 3 aromatic rings. The number of nitrogens with one attached hydrogen (secondary N) is 1. The molecule has 2 unspecified atom stereocenters. The molecule has 3 aromatic heterocycles. The lowest BCUT2D eigenvalue weighted by Crippen LogP contribution is -2.44. The first-order valence-corrected chi connectivity index (χ1v) is 7.71.